The molecule has 1 aromatic carbocycles. The molecular weight excluding hydrogens is 292 g/mol. The standard InChI is InChI=1S/C12H16BrF2NO/c1-12(2,3)16-7-8-5-4-6-9(13)10(8)17-11(14)15/h4-6,11,16H,7H2,1-3H3. The van der Waals surface area contributed by atoms with E-state index in [1.807, 2.05) is 20.8 Å². The van der Waals surface area contributed by atoms with Gasteiger partial charge in [-0.05, 0) is 42.8 Å². The first-order valence-electron chi connectivity index (χ1n) is 5.27. The van der Waals surface area contributed by atoms with E-state index in [-0.39, 0.29) is 11.3 Å². The zero-order chi connectivity index (χ0) is 13.1. The van der Waals surface area contributed by atoms with E-state index in [0.29, 0.717) is 16.6 Å². The van der Waals surface area contributed by atoms with Crippen LogP contribution in [0.4, 0.5) is 8.78 Å². The Labute approximate surface area is 108 Å². The van der Waals surface area contributed by atoms with Crippen LogP contribution in [0, 0.1) is 0 Å². The minimum absolute atomic E-state index is 0.0790. The molecule has 0 heterocycles. The Morgan fingerprint density at radius 2 is 2.00 bits per heavy atom. The molecule has 0 atom stereocenters. The molecule has 1 rings (SSSR count). The topological polar surface area (TPSA) is 21.3 Å². The molecule has 96 valence electrons. The molecule has 0 aliphatic carbocycles. The number of alkyl halides is 2. The summed E-state index contributed by atoms with van der Waals surface area (Å²) in [6.45, 7) is 3.70. The van der Waals surface area contributed by atoms with Crippen molar-refractivity contribution >= 4 is 15.9 Å². The average Bonchev–Trinajstić information content (AvgIpc) is 2.17. The molecule has 0 aromatic heterocycles. The number of ether oxygens (including phenoxy) is 1. The monoisotopic (exact) mass is 307 g/mol. The molecule has 0 aliphatic rings. The molecule has 1 N–H and O–H groups in total. The Balaban J connectivity index is 2.87. The second kappa shape index (κ2) is 5.78. The Morgan fingerprint density at radius 1 is 1.35 bits per heavy atom. The van der Waals surface area contributed by atoms with Gasteiger partial charge in [0.1, 0.15) is 5.75 Å². The van der Waals surface area contributed by atoms with Gasteiger partial charge in [0.25, 0.3) is 0 Å². The molecule has 1 aromatic rings. The average molecular weight is 308 g/mol. The Hall–Kier alpha value is -0.680. The normalized spacial score (nSPS) is 11.9. The van der Waals surface area contributed by atoms with E-state index in [9.17, 15) is 8.78 Å². The quantitative estimate of drug-likeness (QED) is 0.910. The third-order valence-electron chi connectivity index (χ3n) is 2.06. The van der Waals surface area contributed by atoms with E-state index in [1.165, 1.54) is 0 Å². The van der Waals surface area contributed by atoms with Gasteiger partial charge >= 0.3 is 6.61 Å². The summed E-state index contributed by atoms with van der Waals surface area (Å²) in [4.78, 5) is 0. The van der Waals surface area contributed by atoms with Gasteiger partial charge < -0.3 is 10.1 Å². The Bertz CT molecular complexity index is 377. The Morgan fingerprint density at radius 3 is 2.53 bits per heavy atom. The highest BCUT2D eigenvalue weighted by Crippen LogP contribution is 2.30. The zero-order valence-electron chi connectivity index (χ0n) is 10.1. The molecule has 0 spiro atoms. The molecule has 0 unspecified atom stereocenters. The predicted octanol–water partition coefficient (Wildman–Crippen LogP) is 3.94. The van der Waals surface area contributed by atoms with Crippen LogP contribution in [0.25, 0.3) is 0 Å². The van der Waals surface area contributed by atoms with Crippen LogP contribution >= 0.6 is 15.9 Å². The van der Waals surface area contributed by atoms with Gasteiger partial charge in [-0.15, -0.1) is 0 Å². The van der Waals surface area contributed by atoms with E-state index >= 15 is 0 Å². The lowest BCUT2D eigenvalue weighted by molar-refractivity contribution is -0.0510. The van der Waals surface area contributed by atoms with Crippen LogP contribution in [0.2, 0.25) is 0 Å². The molecule has 2 nitrogen and oxygen atoms in total. The first-order chi connectivity index (χ1) is 7.79. The first kappa shape index (κ1) is 14.4. The first-order valence-corrected chi connectivity index (χ1v) is 6.06. The maximum Gasteiger partial charge on any atom is 0.387 e. The third kappa shape index (κ3) is 5.00. The molecule has 0 amide bonds. The van der Waals surface area contributed by atoms with Gasteiger partial charge in [0.05, 0.1) is 4.47 Å². The van der Waals surface area contributed by atoms with Crippen molar-refractivity contribution in [1.29, 1.82) is 0 Å². The lowest BCUT2D eigenvalue weighted by Crippen LogP contribution is -2.35. The van der Waals surface area contributed by atoms with Crippen molar-refractivity contribution in [3.8, 4) is 5.75 Å². The second-order valence-corrected chi connectivity index (χ2v) is 5.56. The number of benzene rings is 1. The van der Waals surface area contributed by atoms with Crippen LogP contribution in [0.5, 0.6) is 5.75 Å². The number of rotatable bonds is 4. The van der Waals surface area contributed by atoms with Crippen LogP contribution < -0.4 is 10.1 Å². The molecule has 0 saturated heterocycles. The highest BCUT2D eigenvalue weighted by molar-refractivity contribution is 9.10. The zero-order valence-corrected chi connectivity index (χ0v) is 11.6. The van der Waals surface area contributed by atoms with Crippen molar-refractivity contribution in [3.05, 3.63) is 28.2 Å². The lowest BCUT2D eigenvalue weighted by Gasteiger charge is -2.22. The van der Waals surface area contributed by atoms with Crippen molar-refractivity contribution in [2.75, 3.05) is 0 Å². The maximum absolute atomic E-state index is 12.3. The van der Waals surface area contributed by atoms with Gasteiger partial charge in [0, 0.05) is 17.6 Å². The van der Waals surface area contributed by atoms with Crippen LogP contribution in [-0.4, -0.2) is 12.2 Å². The smallest absolute Gasteiger partial charge is 0.387 e. The van der Waals surface area contributed by atoms with Crippen molar-refractivity contribution < 1.29 is 13.5 Å². The lowest BCUT2D eigenvalue weighted by atomic mass is 10.1. The van der Waals surface area contributed by atoms with E-state index in [4.69, 9.17) is 0 Å². The van der Waals surface area contributed by atoms with Gasteiger partial charge in [-0.2, -0.15) is 8.78 Å². The largest absolute Gasteiger partial charge is 0.433 e. The highest BCUT2D eigenvalue weighted by atomic mass is 79.9. The van der Waals surface area contributed by atoms with Gasteiger partial charge in [0.15, 0.2) is 0 Å². The van der Waals surface area contributed by atoms with E-state index in [2.05, 4.69) is 26.0 Å². The van der Waals surface area contributed by atoms with Crippen LogP contribution in [-0.2, 0) is 6.54 Å². The molecular formula is C12H16BrF2NO. The number of nitrogens with one attached hydrogen (secondary N) is 1. The van der Waals surface area contributed by atoms with Crippen LogP contribution in [0.1, 0.15) is 26.3 Å². The van der Waals surface area contributed by atoms with Crippen LogP contribution in [0.15, 0.2) is 22.7 Å². The van der Waals surface area contributed by atoms with Gasteiger partial charge in [-0.3, -0.25) is 0 Å². The molecule has 0 aliphatic heterocycles. The summed E-state index contributed by atoms with van der Waals surface area (Å²) in [5.41, 5.74) is 0.624. The van der Waals surface area contributed by atoms with E-state index < -0.39 is 6.61 Å². The summed E-state index contributed by atoms with van der Waals surface area (Å²) in [7, 11) is 0. The number of hydrogen-bond acceptors (Lipinski definition) is 2. The van der Waals surface area contributed by atoms with Crippen molar-refractivity contribution in [2.24, 2.45) is 0 Å². The summed E-state index contributed by atoms with van der Waals surface area (Å²) in [5.74, 6) is 0.194. The highest BCUT2D eigenvalue weighted by Gasteiger charge is 2.15. The second-order valence-electron chi connectivity index (χ2n) is 4.71. The fourth-order valence-corrected chi connectivity index (χ4v) is 1.77. The number of hydrogen-bond donors (Lipinski definition) is 1. The van der Waals surface area contributed by atoms with E-state index in [0.717, 1.165) is 0 Å². The molecule has 0 bridgehead atoms. The maximum atomic E-state index is 12.3. The van der Waals surface area contributed by atoms with Crippen molar-refractivity contribution in [1.82, 2.24) is 5.32 Å². The molecule has 0 fully saturated rings. The Kier molecular flexibility index (Phi) is 4.89. The number of para-hydroxylation sites is 1. The summed E-state index contributed by atoms with van der Waals surface area (Å²) in [6, 6.07) is 5.24. The van der Waals surface area contributed by atoms with Crippen molar-refractivity contribution in [2.45, 2.75) is 39.5 Å². The summed E-state index contributed by atoms with van der Waals surface area (Å²) in [6.07, 6.45) is 0. The van der Waals surface area contributed by atoms with Gasteiger partial charge in [0.2, 0.25) is 0 Å². The van der Waals surface area contributed by atoms with Crippen molar-refractivity contribution in [3.63, 3.8) is 0 Å². The minimum Gasteiger partial charge on any atom is -0.433 e. The summed E-state index contributed by atoms with van der Waals surface area (Å²) >= 11 is 3.21. The molecule has 17 heavy (non-hydrogen) atoms. The SMILES string of the molecule is CC(C)(C)NCc1cccc(Br)c1OC(F)F. The van der Waals surface area contributed by atoms with E-state index in [1.54, 1.807) is 18.2 Å². The summed E-state index contributed by atoms with van der Waals surface area (Å²) < 4.78 is 29.6. The fourth-order valence-electron chi connectivity index (χ4n) is 1.27. The minimum atomic E-state index is -2.82. The van der Waals surface area contributed by atoms with Gasteiger partial charge in [-0.25, -0.2) is 0 Å². The van der Waals surface area contributed by atoms with Crippen LogP contribution in [0.3, 0.4) is 0 Å². The summed E-state index contributed by atoms with van der Waals surface area (Å²) in [5, 5.41) is 3.23. The molecule has 5 heteroatoms. The fraction of sp³-hybridized carbons (Fsp3) is 0.500. The molecule has 0 saturated carbocycles. The predicted molar refractivity (Wildman–Crippen MR) is 67.4 cm³/mol. The number of halogens is 3. The molecule has 0 radical (unpaired) electrons. The van der Waals surface area contributed by atoms with Gasteiger partial charge in [-0.1, -0.05) is 12.1 Å². The third-order valence-corrected chi connectivity index (χ3v) is 2.69.